The highest BCUT2D eigenvalue weighted by atomic mass is 14.9. The van der Waals surface area contributed by atoms with E-state index >= 15 is 0 Å². The Hall–Kier alpha value is -1.42. The molecule has 0 saturated heterocycles. The zero-order valence-corrected chi connectivity index (χ0v) is 8.96. The molecule has 1 aromatic heterocycles. The SMILES string of the molecule is CC(C)Cc1cc2c#cccc2n1C. The molecule has 0 saturated carbocycles. The summed E-state index contributed by atoms with van der Waals surface area (Å²) < 4.78 is 2.25. The Bertz CT molecular complexity index is 437. The van der Waals surface area contributed by atoms with E-state index in [9.17, 15) is 0 Å². The number of fused-ring (bicyclic) bond motifs is 1. The summed E-state index contributed by atoms with van der Waals surface area (Å²) in [5.41, 5.74) is 2.63. The number of hydrogen-bond donors (Lipinski definition) is 0. The third-order valence-electron chi connectivity index (χ3n) is 2.53. The molecule has 0 spiro atoms. The highest BCUT2D eigenvalue weighted by molar-refractivity contribution is 5.79. The fourth-order valence-electron chi connectivity index (χ4n) is 1.83. The molecule has 0 atom stereocenters. The topological polar surface area (TPSA) is 4.93 Å². The van der Waals surface area contributed by atoms with Crippen LogP contribution in [0.4, 0.5) is 0 Å². The molecule has 0 aliphatic rings. The Labute approximate surface area is 85.4 Å². The van der Waals surface area contributed by atoms with Crippen molar-refractivity contribution < 1.29 is 0 Å². The second-order valence-corrected chi connectivity index (χ2v) is 4.19. The second kappa shape index (κ2) is 3.38. The first-order valence-electron chi connectivity index (χ1n) is 5.05. The van der Waals surface area contributed by atoms with Crippen LogP contribution in [0.2, 0.25) is 0 Å². The zero-order chi connectivity index (χ0) is 10.1. The maximum atomic E-state index is 3.14. The number of hydrogen-bond acceptors (Lipinski definition) is 0. The molecule has 1 nitrogen and oxygen atoms in total. The molecule has 0 unspecified atom stereocenters. The lowest BCUT2D eigenvalue weighted by molar-refractivity contribution is 0.620. The van der Waals surface area contributed by atoms with Gasteiger partial charge in [-0.15, -0.1) is 0 Å². The summed E-state index contributed by atoms with van der Waals surface area (Å²) >= 11 is 0. The average Bonchev–Trinajstić information content (AvgIpc) is 2.44. The lowest BCUT2D eigenvalue weighted by atomic mass is 10.1. The smallest absolute Gasteiger partial charge is 0.0571 e. The average molecular weight is 185 g/mol. The minimum Gasteiger partial charge on any atom is -0.347 e. The molecule has 72 valence electrons. The summed E-state index contributed by atoms with van der Waals surface area (Å²) in [6, 6.07) is 12.4. The largest absolute Gasteiger partial charge is 0.347 e. The first-order chi connectivity index (χ1) is 6.68. The molecule has 0 radical (unpaired) electrons. The van der Waals surface area contributed by atoms with Gasteiger partial charge in [-0.1, -0.05) is 26.0 Å². The monoisotopic (exact) mass is 185 g/mol. The molecular formula is C13H15N. The summed E-state index contributed by atoms with van der Waals surface area (Å²) in [5.74, 6) is 0.696. The van der Waals surface area contributed by atoms with E-state index in [0.717, 1.165) is 6.42 Å². The zero-order valence-electron chi connectivity index (χ0n) is 8.96. The predicted octanol–water partition coefficient (Wildman–Crippen LogP) is 2.98. The predicted molar refractivity (Wildman–Crippen MR) is 59.1 cm³/mol. The van der Waals surface area contributed by atoms with Crippen LogP contribution in [0.5, 0.6) is 0 Å². The standard InChI is InChI=1S/C13H15N/c1-10(2)8-12-9-11-6-4-5-7-13(11)14(12)3/h5,7,9-10H,8H2,1-3H3. The van der Waals surface area contributed by atoms with Crippen molar-refractivity contribution in [1.82, 2.24) is 4.57 Å². The molecule has 1 aromatic carbocycles. The first kappa shape index (κ1) is 9.15. The normalized spacial score (nSPS) is 10.9. The molecule has 0 bridgehead atoms. The van der Waals surface area contributed by atoms with Gasteiger partial charge in [0.2, 0.25) is 0 Å². The Balaban J connectivity index is 2.51. The molecule has 0 fully saturated rings. The van der Waals surface area contributed by atoms with Gasteiger partial charge in [-0.3, -0.25) is 0 Å². The van der Waals surface area contributed by atoms with Crippen molar-refractivity contribution in [2.75, 3.05) is 0 Å². The van der Waals surface area contributed by atoms with Gasteiger partial charge in [0.25, 0.3) is 0 Å². The summed E-state index contributed by atoms with van der Waals surface area (Å²) in [4.78, 5) is 0. The lowest BCUT2D eigenvalue weighted by Crippen LogP contribution is -2.00. The van der Waals surface area contributed by atoms with Crippen molar-refractivity contribution in [1.29, 1.82) is 0 Å². The van der Waals surface area contributed by atoms with Gasteiger partial charge in [0.15, 0.2) is 0 Å². The molecule has 14 heavy (non-hydrogen) atoms. The van der Waals surface area contributed by atoms with Crippen LogP contribution in [0, 0.1) is 18.1 Å². The lowest BCUT2D eigenvalue weighted by Gasteiger charge is -2.06. The quantitative estimate of drug-likeness (QED) is 0.678. The van der Waals surface area contributed by atoms with Gasteiger partial charge in [0.05, 0.1) is 10.9 Å². The van der Waals surface area contributed by atoms with Gasteiger partial charge in [0.1, 0.15) is 0 Å². The summed E-state index contributed by atoms with van der Waals surface area (Å²) in [6.45, 7) is 4.49. The van der Waals surface area contributed by atoms with Crippen LogP contribution >= 0.6 is 0 Å². The molecule has 0 amide bonds. The third-order valence-corrected chi connectivity index (χ3v) is 2.53. The van der Waals surface area contributed by atoms with Crippen LogP contribution in [0.3, 0.4) is 0 Å². The van der Waals surface area contributed by atoms with E-state index < -0.39 is 0 Å². The fraction of sp³-hybridized carbons (Fsp3) is 0.385. The second-order valence-electron chi connectivity index (χ2n) is 4.19. The van der Waals surface area contributed by atoms with Crippen molar-refractivity contribution in [3.8, 4) is 0 Å². The molecular weight excluding hydrogens is 170 g/mol. The van der Waals surface area contributed by atoms with Gasteiger partial charge in [0, 0.05) is 12.7 Å². The van der Waals surface area contributed by atoms with Crippen LogP contribution in [0.15, 0.2) is 18.2 Å². The minimum atomic E-state index is 0.696. The van der Waals surface area contributed by atoms with Gasteiger partial charge in [-0.2, -0.15) is 0 Å². The van der Waals surface area contributed by atoms with Crippen molar-refractivity contribution in [3.63, 3.8) is 0 Å². The minimum absolute atomic E-state index is 0.696. The maximum Gasteiger partial charge on any atom is 0.0571 e. The fourth-order valence-corrected chi connectivity index (χ4v) is 1.83. The molecule has 0 N–H and O–H groups in total. The van der Waals surface area contributed by atoms with Gasteiger partial charge >= 0.3 is 0 Å². The number of aryl methyl sites for hydroxylation is 1. The number of rotatable bonds is 2. The Morgan fingerprint density at radius 1 is 1.43 bits per heavy atom. The highest BCUT2D eigenvalue weighted by Crippen LogP contribution is 2.18. The van der Waals surface area contributed by atoms with Crippen LogP contribution < -0.4 is 0 Å². The van der Waals surface area contributed by atoms with Gasteiger partial charge < -0.3 is 4.57 Å². The molecule has 2 rings (SSSR count). The molecule has 1 heteroatoms. The number of aromatic nitrogens is 1. The number of nitrogens with zero attached hydrogens (tertiary/aromatic N) is 1. The van der Waals surface area contributed by atoms with Crippen LogP contribution in [-0.4, -0.2) is 4.57 Å². The van der Waals surface area contributed by atoms with E-state index in [4.69, 9.17) is 0 Å². The van der Waals surface area contributed by atoms with Crippen molar-refractivity contribution >= 4 is 10.9 Å². The van der Waals surface area contributed by atoms with Crippen molar-refractivity contribution in [2.45, 2.75) is 20.3 Å². The molecule has 2 aromatic rings. The van der Waals surface area contributed by atoms with Crippen LogP contribution in [-0.2, 0) is 13.5 Å². The van der Waals surface area contributed by atoms with E-state index in [-0.39, 0.29) is 0 Å². The van der Waals surface area contributed by atoms with E-state index in [1.54, 1.807) is 0 Å². The Kier molecular flexibility index (Phi) is 2.21. The molecule has 1 heterocycles. The van der Waals surface area contributed by atoms with Crippen LogP contribution in [0.1, 0.15) is 19.5 Å². The van der Waals surface area contributed by atoms with E-state index in [2.05, 4.69) is 49.7 Å². The van der Waals surface area contributed by atoms with E-state index in [1.807, 2.05) is 6.07 Å². The van der Waals surface area contributed by atoms with Gasteiger partial charge in [-0.05, 0) is 30.5 Å². The van der Waals surface area contributed by atoms with Crippen molar-refractivity contribution in [3.05, 3.63) is 36.0 Å². The van der Waals surface area contributed by atoms with E-state index in [0.29, 0.717) is 5.92 Å². The maximum absolute atomic E-state index is 3.14. The van der Waals surface area contributed by atoms with Crippen molar-refractivity contribution in [2.24, 2.45) is 13.0 Å². The summed E-state index contributed by atoms with van der Waals surface area (Å²) in [7, 11) is 2.12. The Morgan fingerprint density at radius 3 is 2.86 bits per heavy atom. The van der Waals surface area contributed by atoms with E-state index in [1.165, 1.54) is 16.6 Å². The van der Waals surface area contributed by atoms with Gasteiger partial charge in [-0.25, -0.2) is 0 Å². The summed E-state index contributed by atoms with van der Waals surface area (Å²) in [6.07, 6.45) is 1.12. The Morgan fingerprint density at radius 2 is 2.21 bits per heavy atom. The third kappa shape index (κ3) is 1.48. The first-order valence-corrected chi connectivity index (χ1v) is 5.05. The molecule has 0 aliphatic heterocycles. The highest BCUT2D eigenvalue weighted by Gasteiger charge is 2.05. The summed E-state index contributed by atoms with van der Waals surface area (Å²) in [5, 5.41) is 1.17. The molecule has 0 aliphatic carbocycles. The van der Waals surface area contributed by atoms with Crippen LogP contribution in [0.25, 0.3) is 10.9 Å².